The third-order valence-corrected chi connectivity index (χ3v) is 8.97. The first-order chi connectivity index (χ1) is 18.0. The van der Waals surface area contributed by atoms with Gasteiger partial charge in [0, 0.05) is 49.2 Å². The normalized spacial score (nSPS) is 39.8. The van der Waals surface area contributed by atoms with E-state index in [-0.39, 0.29) is 67.6 Å². The van der Waals surface area contributed by atoms with E-state index in [1.165, 1.54) is 0 Å². The lowest BCUT2D eigenvalue weighted by Crippen LogP contribution is -2.57. The maximum Gasteiger partial charge on any atom is 0.306 e. The number of piperidine rings is 2. The molecule has 8 N–H and O–H groups in total. The first kappa shape index (κ1) is 31.3. The van der Waals surface area contributed by atoms with Crippen LogP contribution < -0.4 is 16.0 Å². The summed E-state index contributed by atoms with van der Waals surface area (Å²) >= 11 is 0. The molecule has 0 amide bonds. The second-order valence-electron chi connectivity index (χ2n) is 12.6. The van der Waals surface area contributed by atoms with Crippen molar-refractivity contribution in [3.8, 4) is 11.8 Å². The average Bonchev–Trinajstić information content (AvgIpc) is 2.85. The molecule has 0 unspecified atom stereocenters. The fraction of sp³-hybridized carbons (Fsp3) is 0.897. The molecule has 3 rings (SSSR count). The summed E-state index contributed by atoms with van der Waals surface area (Å²) in [7, 11) is 0. The van der Waals surface area contributed by atoms with Crippen LogP contribution in [0.15, 0.2) is 0 Å². The molecule has 2 bridgehead atoms. The van der Waals surface area contributed by atoms with Gasteiger partial charge in [-0.2, -0.15) is 0 Å². The highest BCUT2D eigenvalue weighted by Gasteiger charge is 2.37. The summed E-state index contributed by atoms with van der Waals surface area (Å²) in [6, 6.07) is 0.542. The summed E-state index contributed by atoms with van der Waals surface area (Å²) < 4.78 is 0. The third-order valence-electron chi connectivity index (χ3n) is 8.97. The minimum absolute atomic E-state index is 0.0619. The molecule has 3 aliphatic heterocycles. The number of nitrogens with one attached hydrogen (secondary N) is 3. The van der Waals surface area contributed by atoms with Crippen molar-refractivity contribution in [1.29, 1.82) is 0 Å². The number of carboxylic acid groups (broad SMARTS) is 1. The molecule has 0 saturated carbocycles. The van der Waals surface area contributed by atoms with Gasteiger partial charge in [-0.3, -0.25) is 4.79 Å². The fourth-order valence-corrected chi connectivity index (χ4v) is 6.43. The maximum atomic E-state index is 11.6. The fourth-order valence-electron chi connectivity index (χ4n) is 6.43. The molecule has 9 heteroatoms. The van der Waals surface area contributed by atoms with Crippen molar-refractivity contribution < 1.29 is 30.3 Å². The van der Waals surface area contributed by atoms with Crippen molar-refractivity contribution in [2.45, 2.75) is 132 Å². The van der Waals surface area contributed by atoms with Gasteiger partial charge in [-0.25, -0.2) is 0 Å². The van der Waals surface area contributed by atoms with Gasteiger partial charge in [0.15, 0.2) is 0 Å². The highest BCUT2D eigenvalue weighted by atomic mass is 16.4. The molecule has 0 aromatic carbocycles. The number of aliphatic hydroxyl groups is 4. The Balaban J connectivity index is 1.68. The van der Waals surface area contributed by atoms with Gasteiger partial charge in [0.2, 0.25) is 0 Å². The van der Waals surface area contributed by atoms with E-state index in [1.54, 1.807) is 0 Å². The molecular formula is C29H51N3O6. The number of carboxylic acids is 1. The number of aliphatic carboxylic acids is 1. The summed E-state index contributed by atoms with van der Waals surface area (Å²) in [6.07, 6.45) is 6.25. The largest absolute Gasteiger partial charge is 0.481 e. The van der Waals surface area contributed by atoms with Crippen LogP contribution in [0.1, 0.15) is 90.9 Å². The van der Waals surface area contributed by atoms with Gasteiger partial charge in [0.25, 0.3) is 0 Å². The maximum absolute atomic E-state index is 11.6. The van der Waals surface area contributed by atoms with Gasteiger partial charge in [0.1, 0.15) is 0 Å². The second kappa shape index (κ2) is 14.4. The average molecular weight is 538 g/mol. The first-order valence-corrected chi connectivity index (χ1v) is 14.6. The van der Waals surface area contributed by atoms with Crippen LogP contribution in [0.25, 0.3) is 0 Å². The molecule has 9 nitrogen and oxygen atoms in total. The number of hydrogen-bond donors (Lipinski definition) is 8. The summed E-state index contributed by atoms with van der Waals surface area (Å²) in [5.74, 6) is 5.51. The predicted octanol–water partition coefficient (Wildman–Crippen LogP) is 1.13. The lowest BCUT2D eigenvalue weighted by atomic mass is 9.81. The minimum atomic E-state index is -1.40. The summed E-state index contributed by atoms with van der Waals surface area (Å²) in [6.45, 7) is 5.06. The van der Waals surface area contributed by atoms with Crippen molar-refractivity contribution in [3.63, 3.8) is 0 Å². The van der Waals surface area contributed by atoms with E-state index >= 15 is 0 Å². The second-order valence-corrected chi connectivity index (χ2v) is 12.6. The van der Waals surface area contributed by atoms with Crippen LogP contribution >= 0.6 is 0 Å². The zero-order valence-corrected chi connectivity index (χ0v) is 23.3. The van der Waals surface area contributed by atoms with Crippen LogP contribution in [0.5, 0.6) is 0 Å². The Morgan fingerprint density at radius 2 is 2.00 bits per heavy atom. The number of hydrogen-bond acceptors (Lipinski definition) is 8. The van der Waals surface area contributed by atoms with Gasteiger partial charge < -0.3 is 41.5 Å². The Morgan fingerprint density at radius 3 is 2.71 bits per heavy atom. The standard InChI is InChI=1S/C29H51N3O6/c1-20-26(35)9-7-23(32-20)6-8-25(34)15-21-4-3-5-24-16-28(2,12-13-30-24)31-19-29(38,17-27(36)37)11-10-22(14-21)18-33/h20-26,30-35,38H,5-19H2,1-2H3,(H,36,37)/t20-,21-,22-,23+,24+,25-,26+,28-,29+/m0/s1. The molecule has 2 saturated heterocycles. The van der Waals surface area contributed by atoms with E-state index in [1.807, 2.05) is 6.92 Å². The molecule has 3 heterocycles. The topological polar surface area (TPSA) is 154 Å². The zero-order chi connectivity index (χ0) is 27.8. The zero-order valence-electron chi connectivity index (χ0n) is 23.3. The summed E-state index contributed by atoms with van der Waals surface area (Å²) in [5.41, 5.74) is -1.62. The van der Waals surface area contributed by atoms with Crippen molar-refractivity contribution >= 4 is 5.97 Å². The van der Waals surface area contributed by atoms with E-state index < -0.39 is 17.7 Å². The smallest absolute Gasteiger partial charge is 0.306 e. The quantitative estimate of drug-likeness (QED) is 0.213. The molecule has 218 valence electrons. The molecule has 0 aliphatic carbocycles. The molecule has 0 spiro atoms. The summed E-state index contributed by atoms with van der Waals surface area (Å²) in [4.78, 5) is 11.6. The van der Waals surface area contributed by atoms with E-state index in [9.17, 15) is 30.3 Å². The summed E-state index contributed by atoms with van der Waals surface area (Å²) in [5, 5.41) is 62.2. The SMILES string of the molecule is C[C@@H]1N[C@H](CC[C@H](O)C[C@H]2C#CC[C@@H]3C[C@](C)(CCN3)NC[C@](O)(CC(=O)O)CC[C@H](CO)C2)CC[C@H]1O. The van der Waals surface area contributed by atoms with Crippen molar-refractivity contribution in [2.24, 2.45) is 11.8 Å². The van der Waals surface area contributed by atoms with Gasteiger partial charge in [-0.15, -0.1) is 5.92 Å². The highest BCUT2D eigenvalue weighted by Crippen LogP contribution is 2.29. The molecule has 0 aromatic rings. The third kappa shape index (κ3) is 10.1. The number of β-amino-alcohol motifs (C(OH)–C–C–N with tert-alkyl or cyclic N) is 1. The highest BCUT2D eigenvalue weighted by molar-refractivity contribution is 5.68. The molecule has 2 fully saturated rings. The van der Waals surface area contributed by atoms with E-state index in [4.69, 9.17) is 0 Å². The monoisotopic (exact) mass is 537 g/mol. The molecule has 0 radical (unpaired) electrons. The van der Waals surface area contributed by atoms with Crippen LogP contribution in [-0.4, -0.2) is 92.7 Å². The number of rotatable bonds is 8. The predicted molar refractivity (Wildman–Crippen MR) is 146 cm³/mol. The Kier molecular flexibility index (Phi) is 11.9. The van der Waals surface area contributed by atoms with Gasteiger partial charge in [0.05, 0.1) is 24.2 Å². The van der Waals surface area contributed by atoms with Crippen LogP contribution in [0.3, 0.4) is 0 Å². The Hall–Kier alpha value is -1.25. The lowest BCUT2D eigenvalue weighted by molar-refractivity contribution is -0.143. The van der Waals surface area contributed by atoms with Crippen LogP contribution in [0.2, 0.25) is 0 Å². The molecule has 0 aromatic heterocycles. The van der Waals surface area contributed by atoms with Gasteiger partial charge in [-0.05, 0) is 90.5 Å². The Labute approximate surface area is 228 Å². The van der Waals surface area contributed by atoms with Crippen molar-refractivity contribution in [2.75, 3.05) is 19.7 Å². The van der Waals surface area contributed by atoms with Gasteiger partial charge in [-0.1, -0.05) is 5.92 Å². The van der Waals surface area contributed by atoms with E-state index in [2.05, 4.69) is 34.7 Å². The molecular weight excluding hydrogens is 486 g/mol. The van der Waals surface area contributed by atoms with E-state index in [0.29, 0.717) is 32.1 Å². The van der Waals surface area contributed by atoms with E-state index in [0.717, 1.165) is 38.6 Å². The Morgan fingerprint density at radius 1 is 1.21 bits per heavy atom. The van der Waals surface area contributed by atoms with Crippen LogP contribution in [0.4, 0.5) is 0 Å². The first-order valence-electron chi connectivity index (χ1n) is 14.6. The minimum Gasteiger partial charge on any atom is -0.481 e. The van der Waals surface area contributed by atoms with Crippen molar-refractivity contribution in [3.05, 3.63) is 0 Å². The van der Waals surface area contributed by atoms with Crippen LogP contribution in [-0.2, 0) is 4.79 Å². The number of aliphatic hydroxyl groups excluding tert-OH is 3. The Bertz CT molecular complexity index is 818. The molecule has 3 aliphatic rings. The van der Waals surface area contributed by atoms with Crippen molar-refractivity contribution in [1.82, 2.24) is 16.0 Å². The van der Waals surface area contributed by atoms with Crippen LogP contribution in [0, 0.1) is 23.7 Å². The lowest BCUT2D eigenvalue weighted by Gasteiger charge is -2.42. The molecule has 38 heavy (non-hydrogen) atoms. The number of carbonyl (C=O) groups is 1. The molecule has 9 atom stereocenters. The van der Waals surface area contributed by atoms with Gasteiger partial charge >= 0.3 is 5.97 Å². The number of fused-ring (bicyclic) bond motifs is 2.